The zero-order chi connectivity index (χ0) is 23.7. The van der Waals surface area contributed by atoms with Crippen molar-refractivity contribution < 1.29 is 10.2 Å². The number of phenolic OH excluding ortho intramolecular Hbond substituents is 2. The van der Waals surface area contributed by atoms with E-state index < -0.39 is 0 Å². The zero-order valence-electron chi connectivity index (χ0n) is 19.1. The minimum Gasteiger partial charge on any atom is -0.508 e. The summed E-state index contributed by atoms with van der Waals surface area (Å²) in [6, 6.07) is 14.9. The van der Waals surface area contributed by atoms with Crippen molar-refractivity contribution in [3.8, 4) is 22.8 Å². The van der Waals surface area contributed by atoms with Crippen LogP contribution < -0.4 is 5.32 Å². The van der Waals surface area contributed by atoms with Gasteiger partial charge in [0.15, 0.2) is 5.65 Å². The number of hydrogen-bond acceptors (Lipinski definition) is 6. The predicted octanol–water partition coefficient (Wildman–Crippen LogP) is 5.20. The molecule has 1 aliphatic heterocycles. The van der Waals surface area contributed by atoms with Crippen LogP contribution in [0.1, 0.15) is 24.0 Å². The van der Waals surface area contributed by atoms with Gasteiger partial charge in [-0.05, 0) is 77.5 Å². The van der Waals surface area contributed by atoms with Crippen LogP contribution in [0.25, 0.3) is 16.9 Å². The molecule has 0 bridgehead atoms. The van der Waals surface area contributed by atoms with E-state index in [2.05, 4.69) is 37.3 Å². The maximum absolute atomic E-state index is 10.4. The van der Waals surface area contributed by atoms with Gasteiger partial charge in [-0.2, -0.15) is 9.61 Å². The molecular weight excluding hydrogens is 494 g/mol. The van der Waals surface area contributed by atoms with E-state index in [9.17, 15) is 10.2 Å². The van der Waals surface area contributed by atoms with E-state index in [0.29, 0.717) is 28.6 Å². The number of rotatable bonds is 6. The second-order valence-electron chi connectivity index (χ2n) is 8.96. The van der Waals surface area contributed by atoms with Gasteiger partial charge >= 0.3 is 0 Å². The molecule has 1 fully saturated rings. The highest BCUT2D eigenvalue weighted by Crippen LogP contribution is 2.31. The van der Waals surface area contributed by atoms with Crippen LogP contribution in [0.2, 0.25) is 0 Å². The molecule has 2 aromatic carbocycles. The summed E-state index contributed by atoms with van der Waals surface area (Å²) in [6.45, 7) is 5.69. The smallest absolute Gasteiger partial charge is 0.172 e. The zero-order valence-corrected chi connectivity index (χ0v) is 20.7. The van der Waals surface area contributed by atoms with Crippen molar-refractivity contribution in [2.24, 2.45) is 5.92 Å². The number of halogens is 1. The summed E-state index contributed by atoms with van der Waals surface area (Å²) in [6.07, 6.45) is 4.04. The Morgan fingerprint density at radius 1 is 1.12 bits per heavy atom. The number of benzene rings is 2. The molecule has 8 heteroatoms. The van der Waals surface area contributed by atoms with Crippen LogP contribution in [0.4, 0.5) is 5.82 Å². The van der Waals surface area contributed by atoms with Crippen molar-refractivity contribution in [2.75, 3.05) is 25.0 Å². The van der Waals surface area contributed by atoms with Gasteiger partial charge in [0, 0.05) is 31.3 Å². The molecule has 1 unspecified atom stereocenters. The third-order valence-electron chi connectivity index (χ3n) is 6.60. The number of aromatic hydroxyl groups is 2. The Labute approximate surface area is 207 Å². The Morgan fingerprint density at radius 3 is 2.79 bits per heavy atom. The number of nitrogens with one attached hydrogen (secondary N) is 1. The minimum atomic E-state index is 0.200. The largest absolute Gasteiger partial charge is 0.508 e. The monoisotopic (exact) mass is 521 g/mol. The maximum atomic E-state index is 10.4. The molecule has 0 radical (unpaired) electrons. The average Bonchev–Trinajstić information content (AvgIpc) is 3.22. The molecule has 0 amide bonds. The molecule has 4 aromatic rings. The van der Waals surface area contributed by atoms with E-state index in [1.807, 2.05) is 31.2 Å². The van der Waals surface area contributed by atoms with Crippen LogP contribution in [0.5, 0.6) is 11.5 Å². The quantitative estimate of drug-likeness (QED) is 0.323. The first-order chi connectivity index (χ1) is 16.5. The fourth-order valence-corrected chi connectivity index (χ4v) is 5.03. The Kier molecular flexibility index (Phi) is 6.43. The van der Waals surface area contributed by atoms with E-state index in [1.54, 1.807) is 28.9 Å². The predicted molar refractivity (Wildman–Crippen MR) is 137 cm³/mol. The molecule has 3 N–H and O–H groups in total. The molecule has 2 aromatic heterocycles. The molecule has 1 saturated heterocycles. The fourth-order valence-electron chi connectivity index (χ4n) is 4.68. The molecule has 0 saturated carbocycles. The van der Waals surface area contributed by atoms with Gasteiger partial charge in [0.2, 0.25) is 0 Å². The highest BCUT2D eigenvalue weighted by atomic mass is 79.9. The van der Waals surface area contributed by atoms with Crippen LogP contribution in [-0.4, -0.2) is 49.3 Å². The second kappa shape index (κ2) is 9.64. The number of para-hydroxylation sites is 1. The Balaban J connectivity index is 1.33. The third-order valence-corrected chi connectivity index (χ3v) is 7.15. The summed E-state index contributed by atoms with van der Waals surface area (Å²) in [5, 5.41) is 28.5. The molecule has 7 nitrogen and oxygen atoms in total. The van der Waals surface area contributed by atoms with Crippen molar-refractivity contribution in [2.45, 2.75) is 26.3 Å². The van der Waals surface area contributed by atoms with Crippen LogP contribution in [0, 0.1) is 12.8 Å². The molecule has 176 valence electrons. The summed E-state index contributed by atoms with van der Waals surface area (Å²) in [5.74, 6) is 1.89. The second-order valence-corrected chi connectivity index (χ2v) is 9.81. The number of nitrogens with zero attached hydrogens (tertiary/aromatic N) is 4. The standard InChI is InChI=1S/C26H28BrN5O2/c1-17-19(7-4-10-23(17)33)16-31-11-5-6-18(15-31)13-28-25-12-22(20-8-2-3-9-24(20)34)30-26-21(27)14-29-32(25)26/h2-4,7-10,12,14,18,28,33-34H,5-6,11,13,15-16H2,1H3. The van der Waals surface area contributed by atoms with E-state index >= 15 is 0 Å². The SMILES string of the molecule is Cc1c(O)cccc1CN1CCCC(CNc2cc(-c3ccccc3O)nc3c(Br)cnn23)C1. The first-order valence-corrected chi connectivity index (χ1v) is 12.3. The molecule has 0 spiro atoms. The Morgan fingerprint density at radius 2 is 1.94 bits per heavy atom. The molecule has 3 heterocycles. The lowest BCUT2D eigenvalue weighted by Crippen LogP contribution is -2.37. The molecule has 5 rings (SSSR count). The maximum Gasteiger partial charge on any atom is 0.172 e. The fraction of sp³-hybridized carbons (Fsp3) is 0.308. The first kappa shape index (κ1) is 22.7. The van der Waals surface area contributed by atoms with Gasteiger partial charge in [0.1, 0.15) is 17.3 Å². The highest BCUT2D eigenvalue weighted by molar-refractivity contribution is 9.10. The molecule has 34 heavy (non-hydrogen) atoms. The van der Waals surface area contributed by atoms with Crippen LogP contribution in [-0.2, 0) is 6.54 Å². The molecular formula is C26H28BrN5O2. The van der Waals surface area contributed by atoms with Gasteiger partial charge in [-0.15, -0.1) is 0 Å². The number of likely N-dealkylation sites (tertiary alicyclic amines) is 1. The number of phenols is 2. The lowest BCUT2D eigenvalue weighted by atomic mass is 9.97. The highest BCUT2D eigenvalue weighted by Gasteiger charge is 2.22. The molecule has 0 aliphatic carbocycles. The summed E-state index contributed by atoms with van der Waals surface area (Å²) < 4.78 is 2.60. The van der Waals surface area contributed by atoms with Crippen LogP contribution in [0.3, 0.4) is 0 Å². The molecule has 1 aliphatic rings. The summed E-state index contributed by atoms with van der Waals surface area (Å²) in [4.78, 5) is 7.19. The van der Waals surface area contributed by atoms with Gasteiger partial charge in [0.05, 0.1) is 16.4 Å². The molecule has 1 atom stereocenters. The summed E-state index contributed by atoms with van der Waals surface area (Å²) in [5.41, 5.74) is 4.22. The summed E-state index contributed by atoms with van der Waals surface area (Å²) in [7, 11) is 0. The van der Waals surface area contributed by atoms with E-state index in [-0.39, 0.29) is 5.75 Å². The van der Waals surface area contributed by atoms with Gasteiger partial charge in [-0.3, -0.25) is 4.90 Å². The van der Waals surface area contributed by atoms with Crippen molar-refractivity contribution in [3.05, 3.63) is 70.3 Å². The van der Waals surface area contributed by atoms with Crippen molar-refractivity contribution in [3.63, 3.8) is 0 Å². The minimum absolute atomic E-state index is 0.200. The number of aromatic nitrogens is 3. The van der Waals surface area contributed by atoms with E-state index in [0.717, 1.165) is 54.9 Å². The number of piperidine rings is 1. The Hall–Kier alpha value is -3.10. The lowest BCUT2D eigenvalue weighted by Gasteiger charge is -2.33. The topological polar surface area (TPSA) is 85.9 Å². The van der Waals surface area contributed by atoms with E-state index in [4.69, 9.17) is 4.98 Å². The van der Waals surface area contributed by atoms with Crippen LogP contribution >= 0.6 is 15.9 Å². The number of fused-ring (bicyclic) bond motifs is 1. The lowest BCUT2D eigenvalue weighted by molar-refractivity contribution is 0.173. The average molecular weight is 522 g/mol. The van der Waals surface area contributed by atoms with Crippen molar-refractivity contribution in [1.29, 1.82) is 0 Å². The van der Waals surface area contributed by atoms with Gasteiger partial charge in [-0.25, -0.2) is 4.98 Å². The van der Waals surface area contributed by atoms with Crippen molar-refractivity contribution >= 4 is 27.4 Å². The van der Waals surface area contributed by atoms with Crippen molar-refractivity contribution in [1.82, 2.24) is 19.5 Å². The van der Waals surface area contributed by atoms with Crippen LogP contribution in [0.15, 0.2) is 59.2 Å². The van der Waals surface area contributed by atoms with E-state index in [1.165, 1.54) is 5.56 Å². The summed E-state index contributed by atoms with van der Waals surface area (Å²) >= 11 is 3.54. The van der Waals surface area contributed by atoms with Gasteiger partial charge in [-0.1, -0.05) is 24.3 Å². The number of anilines is 1. The van der Waals surface area contributed by atoms with Gasteiger partial charge in [0.25, 0.3) is 0 Å². The third kappa shape index (κ3) is 4.60. The normalized spacial score (nSPS) is 16.7. The Bertz CT molecular complexity index is 1320. The first-order valence-electron chi connectivity index (χ1n) is 11.6. The number of hydrogen-bond donors (Lipinski definition) is 3. The van der Waals surface area contributed by atoms with Gasteiger partial charge < -0.3 is 15.5 Å².